The summed E-state index contributed by atoms with van der Waals surface area (Å²) < 4.78 is 54.9. The number of alkyl halides is 4. The highest BCUT2D eigenvalue weighted by molar-refractivity contribution is 5.73. The number of ether oxygens (including phenoxy) is 1. The molecule has 1 aliphatic rings. The van der Waals surface area contributed by atoms with Crippen LogP contribution in [-0.4, -0.2) is 47.0 Å². The van der Waals surface area contributed by atoms with Gasteiger partial charge in [-0.15, -0.1) is 0 Å². The largest absolute Gasteiger partial charge is 0.461 e. The quantitative estimate of drug-likeness (QED) is 0.649. The number of nitrogens with two attached hydrogens (primary N) is 1. The fourth-order valence-electron chi connectivity index (χ4n) is 2.60. The fraction of sp³-hybridized carbons (Fsp3) is 0.263. The molecule has 0 amide bonds. The van der Waals surface area contributed by atoms with Crippen molar-refractivity contribution in [2.75, 3.05) is 25.0 Å². The number of rotatable bonds is 8. The van der Waals surface area contributed by atoms with Crippen LogP contribution in [0.5, 0.6) is 5.75 Å². The van der Waals surface area contributed by atoms with Crippen LogP contribution in [-0.2, 0) is 0 Å². The maximum absolute atomic E-state index is 13.1. The van der Waals surface area contributed by atoms with Crippen LogP contribution in [0.2, 0.25) is 0 Å². The van der Waals surface area contributed by atoms with Crippen LogP contribution < -0.4 is 15.8 Å². The van der Waals surface area contributed by atoms with Crippen molar-refractivity contribution in [3.63, 3.8) is 0 Å². The zero-order valence-electron chi connectivity index (χ0n) is 15.2. The average Bonchev–Trinajstić information content (AvgIpc) is 2.69. The van der Waals surface area contributed by atoms with Gasteiger partial charge >= 0.3 is 12.5 Å². The van der Waals surface area contributed by atoms with Crippen molar-refractivity contribution in [3.05, 3.63) is 60.6 Å². The first-order valence-electron chi connectivity index (χ1n) is 8.75. The normalized spacial score (nSPS) is 14.1. The molecule has 29 heavy (non-hydrogen) atoms. The Morgan fingerprint density at radius 2 is 2.10 bits per heavy atom. The molecule has 2 aromatic rings. The first-order valence-corrected chi connectivity index (χ1v) is 8.75. The number of halogens is 4. The van der Waals surface area contributed by atoms with E-state index in [0.29, 0.717) is 24.5 Å². The molecule has 0 unspecified atom stereocenters. The summed E-state index contributed by atoms with van der Waals surface area (Å²) in [6.45, 7) is 2.01. The van der Waals surface area contributed by atoms with E-state index in [9.17, 15) is 17.6 Å². The molecule has 0 aliphatic carbocycles. The Balaban J connectivity index is 1.71. The van der Waals surface area contributed by atoms with Crippen molar-refractivity contribution in [1.29, 1.82) is 0 Å². The second kappa shape index (κ2) is 8.91. The van der Waals surface area contributed by atoms with Gasteiger partial charge in [-0.2, -0.15) is 17.6 Å². The average molecular weight is 409 g/mol. The molecule has 154 valence electrons. The summed E-state index contributed by atoms with van der Waals surface area (Å²) in [6, 6.07) is 7.00. The molecule has 2 heterocycles. The number of aromatic nitrogens is 2. The SMILES string of the molecule is NCCN1C=CC(c2ccnc(Nc3cccc(OC(F)(F)C(F)F)c3)n2)=CC1. The van der Waals surface area contributed by atoms with E-state index >= 15 is 0 Å². The van der Waals surface area contributed by atoms with Gasteiger partial charge in [0.1, 0.15) is 5.75 Å². The second-order valence-electron chi connectivity index (χ2n) is 6.14. The lowest BCUT2D eigenvalue weighted by Crippen LogP contribution is -2.33. The van der Waals surface area contributed by atoms with Gasteiger partial charge in [0.15, 0.2) is 0 Å². The number of nitrogens with one attached hydrogen (secondary N) is 1. The number of hydrogen-bond acceptors (Lipinski definition) is 6. The molecular weight excluding hydrogens is 390 g/mol. The summed E-state index contributed by atoms with van der Waals surface area (Å²) in [7, 11) is 0. The molecule has 0 radical (unpaired) electrons. The number of nitrogens with zero attached hydrogens (tertiary/aromatic N) is 3. The second-order valence-corrected chi connectivity index (χ2v) is 6.14. The van der Waals surface area contributed by atoms with Crippen molar-refractivity contribution >= 4 is 17.2 Å². The van der Waals surface area contributed by atoms with E-state index in [1.54, 1.807) is 18.3 Å². The van der Waals surface area contributed by atoms with E-state index in [0.717, 1.165) is 24.3 Å². The van der Waals surface area contributed by atoms with Gasteiger partial charge < -0.3 is 20.7 Å². The minimum atomic E-state index is -4.58. The molecule has 0 saturated heterocycles. The van der Waals surface area contributed by atoms with Crippen molar-refractivity contribution in [2.45, 2.75) is 12.5 Å². The Bertz CT molecular complexity index is 904. The molecule has 1 aliphatic heterocycles. The van der Waals surface area contributed by atoms with Crippen LogP contribution in [0.25, 0.3) is 5.57 Å². The minimum Gasteiger partial charge on any atom is -0.428 e. The van der Waals surface area contributed by atoms with Crippen molar-refractivity contribution in [1.82, 2.24) is 14.9 Å². The first-order chi connectivity index (χ1) is 13.9. The van der Waals surface area contributed by atoms with Gasteiger partial charge in [-0.05, 0) is 29.8 Å². The van der Waals surface area contributed by atoms with Crippen molar-refractivity contribution in [3.8, 4) is 5.75 Å². The van der Waals surface area contributed by atoms with Gasteiger partial charge in [-0.1, -0.05) is 12.1 Å². The summed E-state index contributed by atoms with van der Waals surface area (Å²) in [5.41, 5.74) is 7.43. The number of hydrogen-bond donors (Lipinski definition) is 2. The zero-order valence-corrected chi connectivity index (χ0v) is 15.2. The molecule has 3 N–H and O–H groups in total. The predicted octanol–water partition coefficient (Wildman–Crippen LogP) is 3.63. The molecule has 3 rings (SSSR count). The predicted molar refractivity (Wildman–Crippen MR) is 101 cm³/mol. The molecule has 6 nitrogen and oxygen atoms in total. The summed E-state index contributed by atoms with van der Waals surface area (Å²) in [4.78, 5) is 10.6. The van der Waals surface area contributed by atoms with E-state index in [4.69, 9.17) is 5.73 Å². The van der Waals surface area contributed by atoms with Gasteiger partial charge in [0.25, 0.3) is 0 Å². The van der Waals surface area contributed by atoms with E-state index in [2.05, 4.69) is 24.9 Å². The third-order valence-corrected chi connectivity index (χ3v) is 3.98. The van der Waals surface area contributed by atoms with E-state index in [-0.39, 0.29) is 5.95 Å². The third kappa shape index (κ3) is 5.44. The Morgan fingerprint density at radius 3 is 2.79 bits per heavy atom. The minimum absolute atomic E-state index is 0.221. The molecule has 1 aromatic carbocycles. The maximum Gasteiger partial charge on any atom is 0.461 e. The van der Waals surface area contributed by atoms with Gasteiger partial charge in [0, 0.05) is 43.8 Å². The van der Waals surface area contributed by atoms with E-state index in [1.807, 2.05) is 18.4 Å². The number of anilines is 2. The molecular formula is C19H19F4N5O. The fourth-order valence-corrected chi connectivity index (χ4v) is 2.60. The van der Waals surface area contributed by atoms with Crippen LogP contribution >= 0.6 is 0 Å². The highest BCUT2D eigenvalue weighted by Crippen LogP contribution is 2.29. The smallest absolute Gasteiger partial charge is 0.428 e. The van der Waals surface area contributed by atoms with Crippen LogP contribution in [0.1, 0.15) is 5.69 Å². The van der Waals surface area contributed by atoms with Gasteiger partial charge in [0.05, 0.1) is 5.69 Å². The zero-order chi connectivity index (χ0) is 20.9. The Hall–Kier alpha value is -3.14. The molecule has 0 saturated carbocycles. The highest BCUT2D eigenvalue weighted by atomic mass is 19.3. The Kier molecular flexibility index (Phi) is 6.32. The summed E-state index contributed by atoms with van der Waals surface area (Å²) >= 11 is 0. The number of allylic oxidation sites excluding steroid dienone is 2. The molecule has 0 fully saturated rings. The van der Waals surface area contributed by atoms with Crippen LogP contribution in [0.3, 0.4) is 0 Å². The molecule has 0 spiro atoms. The van der Waals surface area contributed by atoms with Crippen LogP contribution in [0, 0.1) is 0 Å². The molecule has 10 heteroatoms. The van der Waals surface area contributed by atoms with Crippen LogP contribution in [0.15, 0.2) is 54.9 Å². The summed E-state index contributed by atoms with van der Waals surface area (Å²) in [5, 5.41) is 2.85. The standard InChI is InChI=1S/C19H19F4N5O/c20-17(21)19(22,23)29-15-3-1-2-14(12-15)26-18-25-8-4-16(27-18)13-5-9-28(10-6-13)11-7-24/h1-6,8-9,12,17H,7,10-11,24H2,(H,25,26,27). The van der Waals surface area contributed by atoms with Gasteiger partial charge in [-0.3, -0.25) is 0 Å². The van der Waals surface area contributed by atoms with Crippen LogP contribution in [0.4, 0.5) is 29.2 Å². The van der Waals surface area contributed by atoms with Gasteiger partial charge in [0.2, 0.25) is 5.95 Å². The Morgan fingerprint density at radius 1 is 1.28 bits per heavy atom. The van der Waals surface area contributed by atoms with Crippen molar-refractivity contribution < 1.29 is 22.3 Å². The van der Waals surface area contributed by atoms with Crippen molar-refractivity contribution in [2.24, 2.45) is 5.73 Å². The Labute approximate surface area is 164 Å². The summed E-state index contributed by atoms with van der Waals surface area (Å²) in [5.74, 6) is -0.187. The van der Waals surface area contributed by atoms with E-state index in [1.165, 1.54) is 6.07 Å². The lowest BCUT2D eigenvalue weighted by molar-refractivity contribution is -0.253. The third-order valence-electron chi connectivity index (χ3n) is 3.98. The maximum atomic E-state index is 13.1. The lowest BCUT2D eigenvalue weighted by Gasteiger charge is -2.21. The monoisotopic (exact) mass is 409 g/mol. The number of benzene rings is 1. The molecule has 1 aromatic heterocycles. The molecule has 0 atom stereocenters. The lowest BCUT2D eigenvalue weighted by atomic mass is 10.1. The highest BCUT2D eigenvalue weighted by Gasteiger charge is 2.43. The topological polar surface area (TPSA) is 76.3 Å². The summed E-state index contributed by atoms with van der Waals surface area (Å²) in [6.07, 6.45) is -1.11. The first kappa shape index (κ1) is 20.6. The van der Waals surface area contributed by atoms with Gasteiger partial charge in [-0.25, -0.2) is 9.97 Å². The van der Waals surface area contributed by atoms with E-state index < -0.39 is 18.3 Å². The molecule has 0 bridgehead atoms.